The van der Waals surface area contributed by atoms with Crippen molar-refractivity contribution in [1.29, 1.82) is 0 Å². The fourth-order valence-corrected chi connectivity index (χ4v) is 5.52. The summed E-state index contributed by atoms with van der Waals surface area (Å²) in [6, 6.07) is 6.46. The fraction of sp³-hybridized carbons (Fsp3) is 0.483. The average molecular weight is 489 g/mol. The maximum atomic E-state index is 13.2. The van der Waals surface area contributed by atoms with Crippen molar-refractivity contribution in [2.75, 3.05) is 13.1 Å². The maximum Gasteiger partial charge on any atom is 0.410 e. The number of likely N-dealkylation sites (tertiary alicyclic amines) is 1. The van der Waals surface area contributed by atoms with Gasteiger partial charge in [0.05, 0.1) is 12.5 Å². The van der Waals surface area contributed by atoms with Crippen LogP contribution in [0, 0.1) is 6.92 Å². The minimum atomic E-state index is -0.550. The Labute approximate surface area is 212 Å². The van der Waals surface area contributed by atoms with Gasteiger partial charge in [0.15, 0.2) is 0 Å². The van der Waals surface area contributed by atoms with Gasteiger partial charge in [-0.15, -0.1) is 0 Å². The first kappa shape index (κ1) is 24.3. The molecule has 0 radical (unpaired) electrons. The van der Waals surface area contributed by atoms with E-state index in [2.05, 4.69) is 42.0 Å². The molecule has 0 bridgehead atoms. The summed E-state index contributed by atoms with van der Waals surface area (Å²) >= 11 is 0. The van der Waals surface area contributed by atoms with Crippen LogP contribution in [0.1, 0.15) is 75.3 Å². The fourth-order valence-electron chi connectivity index (χ4n) is 5.52. The highest BCUT2D eigenvalue weighted by Crippen LogP contribution is 2.40. The lowest BCUT2D eigenvalue weighted by atomic mass is 9.86. The summed E-state index contributed by atoms with van der Waals surface area (Å²) in [6.07, 6.45) is 6.70. The van der Waals surface area contributed by atoms with Crippen molar-refractivity contribution >= 4 is 23.0 Å². The van der Waals surface area contributed by atoms with E-state index < -0.39 is 5.60 Å². The van der Waals surface area contributed by atoms with Crippen LogP contribution in [0.3, 0.4) is 0 Å². The Hall–Kier alpha value is -3.35. The van der Waals surface area contributed by atoms with Gasteiger partial charge < -0.3 is 19.5 Å². The number of H-pyrrole nitrogens is 1. The molecule has 1 atom stereocenters. The van der Waals surface area contributed by atoms with Gasteiger partial charge in [0.25, 0.3) is 0 Å². The van der Waals surface area contributed by atoms with Crippen LogP contribution < -0.4 is 0 Å². The van der Waals surface area contributed by atoms with Gasteiger partial charge in [-0.05, 0) is 86.9 Å². The molecule has 1 saturated heterocycles. The minimum Gasteiger partial charge on any atom is -0.444 e. The normalized spacial score (nSPS) is 18.1. The van der Waals surface area contributed by atoms with Crippen LogP contribution in [0.2, 0.25) is 0 Å². The molecule has 2 amide bonds. The lowest BCUT2D eigenvalue weighted by Crippen LogP contribution is -2.39. The predicted molar refractivity (Wildman–Crippen MR) is 141 cm³/mol. The van der Waals surface area contributed by atoms with E-state index in [1.165, 1.54) is 5.56 Å². The van der Waals surface area contributed by atoms with E-state index in [1.807, 2.05) is 43.0 Å². The number of carbonyl (C=O) groups is 2. The summed E-state index contributed by atoms with van der Waals surface area (Å²) in [6.45, 7) is 11.9. The van der Waals surface area contributed by atoms with E-state index in [-0.39, 0.29) is 18.0 Å². The van der Waals surface area contributed by atoms with Gasteiger partial charge in [-0.3, -0.25) is 4.79 Å². The second-order valence-electron chi connectivity index (χ2n) is 11.1. The van der Waals surface area contributed by atoms with E-state index in [1.54, 1.807) is 0 Å². The standard InChI is InChI=1S/C29H36N4O3/c1-6-9-32-17-24-20(14-26(32)34)11-19(21-13-22-18(2)15-30-27(22)31-16-21)12-23(24)25-8-7-10-33(25)28(35)36-29(3,4)5/h11-13,15-16,25H,6-10,14,17H2,1-5H3,(H,30,31)/t25-/m0/s1. The first-order valence-electron chi connectivity index (χ1n) is 13.0. The number of aromatic nitrogens is 2. The van der Waals surface area contributed by atoms with Crippen LogP contribution in [-0.2, 0) is 22.5 Å². The molecule has 3 aromatic rings. The van der Waals surface area contributed by atoms with Crippen LogP contribution in [0.4, 0.5) is 4.79 Å². The molecule has 36 heavy (non-hydrogen) atoms. The highest BCUT2D eigenvalue weighted by Gasteiger charge is 2.36. The van der Waals surface area contributed by atoms with E-state index in [9.17, 15) is 9.59 Å². The summed E-state index contributed by atoms with van der Waals surface area (Å²) < 4.78 is 5.77. The van der Waals surface area contributed by atoms with Gasteiger partial charge in [-0.25, -0.2) is 9.78 Å². The number of aryl methyl sites for hydroxylation is 1. The van der Waals surface area contributed by atoms with Crippen molar-refractivity contribution in [2.45, 2.75) is 78.5 Å². The monoisotopic (exact) mass is 488 g/mol. The molecular weight excluding hydrogens is 452 g/mol. The number of nitrogens with zero attached hydrogens (tertiary/aromatic N) is 3. The SMILES string of the molecule is CCCN1Cc2c(cc(-c3cnc4[nH]cc(C)c4c3)cc2[C@@H]2CCCN2C(=O)OC(C)(C)C)CC1=O. The molecule has 190 valence electrons. The lowest BCUT2D eigenvalue weighted by molar-refractivity contribution is -0.132. The zero-order chi connectivity index (χ0) is 25.6. The van der Waals surface area contributed by atoms with Gasteiger partial charge in [-0.1, -0.05) is 13.0 Å². The number of rotatable bonds is 4. The van der Waals surface area contributed by atoms with E-state index >= 15 is 0 Å². The second-order valence-corrected chi connectivity index (χ2v) is 11.1. The van der Waals surface area contributed by atoms with Crippen molar-refractivity contribution in [3.05, 3.63) is 52.8 Å². The number of hydrogen-bond acceptors (Lipinski definition) is 4. The van der Waals surface area contributed by atoms with Crippen molar-refractivity contribution in [1.82, 2.24) is 19.8 Å². The van der Waals surface area contributed by atoms with Crippen LogP contribution in [-0.4, -0.2) is 50.5 Å². The van der Waals surface area contributed by atoms with Gasteiger partial charge in [0.1, 0.15) is 11.2 Å². The molecule has 0 spiro atoms. The summed E-state index contributed by atoms with van der Waals surface area (Å²) in [5.41, 5.74) is 6.88. The molecule has 0 unspecified atom stereocenters. The molecule has 0 saturated carbocycles. The number of aromatic amines is 1. The zero-order valence-electron chi connectivity index (χ0n) is 22.0. The van der Waals surface area contributed by atoms with Crippen molar-refractivity contribution in [3.8, 4) is 11.1 Å². The van der Waals surface area contributed by atoms with E-state index in [0.717, 1.165) is 64.7 Å². The predicted octanol–water partition coefficient (Wildman–Crippen LogP) is 5.91. The van der Waals surface area contributed by atoms with Crippen molar-refractivity contribution in [2.24, 2.45) is 0 Å². The van der Waals surface area contributed by atoms with Crippen LogP contribution in [0.15, 0.2) is 30.6 Å². The van der Waals surface area contributed by atoms with Crippen LogP contribution in [0.5, 0.6) is 0 Å². The topological polar surface area (TPSA) is 78.5 Å². The Kier molecular flexibility index (Phi) is 6.27. The molecule has 1 aromatic carbocycles. The Bertz CT molecular complexity index is 1320. The van der Waals surface area contributed by atoms with Gasteiger partial charge in [0, 0.05) is 43.0 Å². The number of pyridine rings is 1. The zero-order valence-corrected chi connectivity index (χ0v) is 22.0. The highest BCUT2D eigenvalue weighted by atomic mass is 16.6. The number of ether oxygens (including phenoxy) is 1. The van der Waals surface area contributed by atoms with Crippen LogP contribution >= 0.6 is 0 Å². The third-order valence-electron chi connectivity index (χ3n) is 7.22. The van der Waals surface area contributed by atoms with Crippen molar-refractivity contribution < 1.29 is 14.3 Å². The highest BCUT2D eigenvalue weighted by molar-refractivity contribution is 5.86. The van der Waals surface area contributed by atoms with E-state index in [0.29, 0.717) is 19.5 Å². The molecule has 5 rings (SSSR count). The summed E-state index contributed by atoms with van der Waals surface area (Å²) in [5.74, 6) is 0.165. The molecule has 1 fully saturated rings. The number of hydrogen-bond donors (Lipinski definition) is 1. The molecular formula is C29H36N4O3. The summed E-state index contributed by atoms with van der Waals surface area (Å²) in [4.78, 5) is 37.8. The number of benzene rings is 1. The number of nitrogens with one attached hydrogen (secondary N) is 1. The average Bonchev–Trinajstić information content (AvgIpc) is 3.45. The second kappa shape index (κ2) is 9.26. The molecule has 2 aromatic heterocycles. The largest absolute Gasteiger partial charge is 0.444 e. The first-order valence-corrected chi connectivity index (χ1v) is 13.0. The number of fused-ring (bicyclic) bond motifs is 2. The lowest BCUT2D eigenvalue weighted by Gasteiger charge is -2.34. The third-order valence-corrected chi connectivity index (χ3v) is 7.22. The van der Waals surface area contributed by atoms with Gasteiger partial charge >= 0.3 is 6.09 Å². The molecule has 2 aliphatic rings. The molecule has 0 aliphatic carbocycles. The summed E-state index contributed by atoms with van der Waals surface area (Å²) in [5, 5.41) is 1.09. The molecule has 1 N–H and O–H groups in total. The van der Waals surface area contributed by atoms with E-state index in [4.69, 9.17) is 4.74 Å². The molecule has 2 aliphatic heterocycles. The van der Waals surface area contributed by atoms with Crippen LogP contribution in [0.25, 0.3) is 22.2 Å². The minimum absolute atomic E-state index is 0.0732. The number of carbonyl (C=O) groups excluding carboxylic acids is 2. The Balaban J connectivity index is 1.61. The smallest absolute Gasteiger partial charge is 0.410 e. The Morgan fingerprint density at radius 3 is 2.78 bits per heavy atom. The summed E-state index contributed by atoms with van der Waals surface area (Å²) in [7, 11) is 0. The third kappa shape index (κ3) is 4.59. The Morgan fingerprint density at radius 2 is 2.03 bits per heavy atom. The van der Waals surface area contributed by atoms with Gasteiger partial charge in [-0.2, -0.15) is 0 Å². The quantitative estimate of drug-likeness (QED) is 0.496. The van der Waals surface area contributed by atoms with Crippen molar-refractivity contribution in [3.63, 3.8) is 0 Å². The van der Waals surface area contributed by atoms with Gasteiger partial charge in [0.2, 0.25) is 5.91 Å². The number of amides is 2. The maximum absolute atomic E-state index is 13.2. The Morgan fingerprint density at radius 1 is 1.22 bits per heavy atom. The molecule has 4 heterocycles. The molecule has 7 heteroatoms. The molecule has 7 nitrogen and oxygen atoms in total. The first-order chi connectivity index (χ1) is 17.1.